The van der Waals surface area contributed by atoms with Crippen molar-refractivity contribution in [1.29, 1.82) is 0 Å². The Labute approximate surface area is 154 Å². The minimum atomic E-state index is -0.0967. The van der Waals surface area contributed by atoms with Crippen LogP contribution in [0.3, 0.4) is 0 Å². The normalized spacial score (nSPS) is 10.4. The predicted molar refractivity (Wildman–Crippen MR) is 107 cm³/mol. The molecule has 0 fully saturated rings. The number of rotatable bonds is 5. The first-order chi connectivity index (χ1) is 12.6. The van der Waals surface area contributed by atoms with Crippen LogP contribution in [-0.4, -0.2) is 17.4 Å². The molecule has 1 heterocycles. The van der Waals surface area contributed by atoms with Gasteiger partial charge >= 0.3 is 0 Å². The first kappa shape index (κ1) is 17.7. The molecular formula is C22H23N3O. The summed E-state index contributed by atoms with van der Waals surface area (Å²) in [6.07, 6.45) is 1.70. The van der Waals surface area contributed by atoms with Crippen LogP contribution in [0, 0.1) is 13.8 Å². The van der Waals surface area contributed by atoms with Gasteiger partial charge in [-0.15, -0.1) is 0 Å². The molecule has 0 aliphatic carbocycles. The quantitative estimate of drug-likeness (QED) is 0.699. The summed E-state index contributed by atoms with van der Waals surface area (Å²) in [6.45, 7) is 6.63. The minimum Gasteiger partial charge on any atom is -0.354 e. The minimum absolute atomic E-state index is 0.0967. The molecular weight excluding hydrogens is 322 g/mol. The van der Waals surface area contributed by atoms with Crippen LogP contribution in [0.2, 0.25) is 0 Å². The molecule has 0 radical (unpaired) electrons. The Bertz CT molecular complexity index is 903. The molecule has 0 aliphatic heterocycles. The number of aromatic nitrogens is 1. The summed E-state index contributed by atoms with van der Waals surface area (Å²) < 4.78 is 0. The molecule has 0 unspecified atom stereocenters. The molecule has 4 heteroatoms. The lowest BCUT2D eigenvalue weighted by Crippen LogP contribution is -2.31. The highest BCUT2D eigenvalue weighted by atomic mass is 16.2. The fourth-order valence-corrected chi connectivity index (χ4v) is 2.84. The highest BCUT2D eigenvalue weighted by molar-refractivity contribution is 6.04. The second-order valence-corrected chi connectivity index (χ2v) is 6.26. The third kappa shape index (κ3) is 3.91. The van der Waals surface area contributed by atoms with Gasteiger partial charge in [-0.1, -0.05) is 30.3 Å². The van der Waals surface area contributed by atoms with Gasteiger partial charge in [-0.05, 0) is 62.2 Å². The second kappa shape index (κ2) is 7.83. The third-order valence-corrected chi connectivity index (χ3v) is 4.28. The van der Waals surface area contributed by atoms with E-state index in [1.807, 2.05) is 62.4 Å². The number of nitrogens with zero attached hydrogens (tertiary/aromatic N) is 2. The average molecular weight is 345 g/mol. The zero-order chi connectivity index (χ0) is 18.5. The van der Waals surface area contributed by atoms with Gasteiger partial charge in [0.15, 0.2) is 0 Å². The third-order valence-electron chi connectivity index (χ3n) is 4.28. The van der Waals surface area contributed by atoms with Crippen molar-refractivity contribution in [3.8, 4) is 0 Å². The summed E-state index contributed by atoms with van der Waals surface area (Å²) in [5.41, 5.74) is 5.49. The molecule has 26 heavy (non-hydrogen) atoms. The number of amides is 1. The number of hydrogen-bond donors (Lipinski definition) is 1. The number of benzene rings is 2. The molecule has 0 saturated heterocycles. The summed E-state index contributed by atoms with van der Waals surface area (Å²) >= 11 is 0. The Morgan fingerprint density at radius 3 is 2.50 bits per heavy atom. The fraction of sp³-hybridized carbons (Fsp3) is 0.182. The molecule has 0 bridgehead atoms. The molecule has 1 N–H and O–H groups in total. The number of nitrogens with one attached hydrogen (secondary N) is 1. The summed E-state index contributed by atoms with van der Waals surface area (Å²) in [5, 5.41) is 3.33. The first-order valence-electron chi connectivity index (χ1n) is 8.75. The fourth-order valence-electron chi connectivity index (χ4n) is 2.84. The van der Waals surface area contributed by atoms with E-state index in [1.54, 1.807) is 17.2 Å². The number of hydrogen-bond acceptors (Lipinski definition) is 3. The van der Waals surface area contributed by atoms with E-state index in [-0.39, 0.29) is 5.91 Å². The summed E-state index contributed by atoms with van der Waals surface area (Å²) in [5.74, 6) is -0.0967. The van der Waals surface area contributed by atoms with Gasteiger partial charge in [-0.25, -0.2) is 4.98 Å². The van der Waals surface area contributed by atoms with E-state index in [9.17, 15) is 4.79 Å². The monoisotopic (exact) mass is 345 g/mol. The van der Waals surface area contributed by atoms with Gasteiger partial charge in [-0.3, -0.25) is 4.79 Å². The van der Waals surface area contributed by atoms with E-state index in [2.05, 4.69) is 23.3 Å². The van der Waals surface area contributed by atoms with E-state index >= 15 is 0 Å². The van der Waals surface area contributed by atoms with Crippen molar-refractivity contribution in [2.24, 2.45) is 0 Å². The SMILES string of the molecule is CCN(C(=O)c1ccc(Nc2ccccc2C)cn1)c1cccc(C)c1. The van der Waals surface area contributed by atoms with Crippen molar-refractivity contribution < 1.29 is 4.79 Å². The average Bonchev–Trinajstić information content (AvgIpc) is 2.65. The lowest BCUT2D eigenvalue weighted by molar-refractivity contribution is 0.0983. The van der Waals surface area contributed by atoms with Crippen molar-refractivity contribution >= 4 is 23.0 Å². The first-order valence-corrected chi connectivity index (χ1v) is 8.75. The van der Waals surface area contributed by atoms with E-state index < -0.39 is 0 Å². The maximum atomic E-state index is 12.9. The van der Waals surface area contributed by atoms with Crippen LogP contribution in [0.4, 0.5) is 17.1 Å². The molecule has 0 spiro atoms. The van der Waals surface area contributed by atoms with E-state index in [0.29, 0.717) is 12.2 Å². The smallest absolute Gasteiger partial charge is 0.276 e. The highest BCUT2D eigenvalue weighted by Crippen LogP contribution is 2.21. The maximum absolute atomic E-state index is 12.9. The van der Waals surface area contributed by atoms with Gasteiger partial charge < -0.3 is 10.2 Å². The van der Waals surface area contributed by atoms with Gasteiger partial charge in [0.05, 0.1) is 11.9 Å². The van der Waals surface area contributed by atoms with E-state index in [1.165, 1.54) is 0 Å². The van der Waals surface area contributed by atoms with Crippen LogP contribution in [0.1, 0.15) is 28.5 Å². The molecule has 3 rings (SSSR count). The Kier molecular flexibility index (Phi) is 5.32. The number of anilines is 3. The standard InChI is InChI=1S/C22H23N3O/c1-4-25(19-10-7-8-16(2)14-19)22(26)21-13-12-18(15-23-21)24-20-11-6-5-9-17(20)3/h5-15,24H,4H2,1-3H3. The van der Waals surface area contributed by atoms with Crippen molar-refractivity contribution in [2.45, 2.75) is 20.8 Å². The van der Waals surface area contributed by atoms with Crippen LogP contribution in [0.25, 0.3) is 0 Å². The Morgan fingerprint density at radius 2 is 1.85 bits per heavy atom. The molecule has 0 atom stereocenters. The topological polar surface area (TPSA) is 45.2 Å². The molecule has 1 aromatic heterocycles. The Hall–Kier alpha value is -3.14. The zero-order valence-corrected chi connectivity index (χ0v) is 15.4. The number of aryl methyl sites for hydroxylation is 2. The molecule has 4 nitrogen and oxygen atoms in total. The van der Waals surface area contributed by atoms with Crippen LogP contribution in [0.5, 0.6) is 0 Å². The number of pyridine rings is 1. The Balaban J connectivity index is 1.79. The summed E-state index contributed by atoms with van der Waals surface area (Å²) in [4.78, 5) is 19.0. The largest absolute Gasteiger partial charge is 0.354 e. The lowest BCUT2D eigenvalue weighted by Gasteiger charge is -2.21. The molecule has 132 valence electrons. The van der Waals surface area contributed by atoms with Crippen LogP contribution in [0.15, 0.2) is 66.9 Å². The maximum Gasteiger partial charge on any atom is 0.276 e. The van der Waals surface area contributed by atoms with Gasteiger partial charge in [0, 0.05) is 17.9 Å². The van der Waals surface area contributed by atoms with Crippen LogP contribution >= 0.6 is 0 Å². The zero-order valence-electron chi connectivity index (χ0n) is 15.4. The summed E-state index contributed by atoms with van der Waals surface area (Å²) in [6, 6.07) is 19.7. The van der Waals surface area contributed by atoms with Gasteiger partial charge in [0.2, 0.25) is 0 Å². The highest BCUT2D eigenvalue weighted by Gasteiger charge is 2.17. The second-order valence-electron chi connectivity index (χ2n) is 6.26. The number of carbonyl (C=O) groups excluding carboxylic acids is 1. The van der Waals surface area contributed by atoms with Crippen molar-refractivity contribution in [3.63, 3.8) is 0 Å². The molecule has 0 saturated carbocycles. The molecule has 2 aromatic carbocycles. The van der Waals surface area contributed by atoms with E-state index in [0.717, 1.165) is 28.2 Å². The van der Waals surface area contributed by atoms with Crippen molar-refractivity contribution in [2.75, 3.05) is 16.8 Å². The molecule has 0 aliphatic rings. The van der Waals surface area contributed by atoms with Crippen LogP contribution < -0.4 is 10.2 Å². The Morgan fingerprint density at radius 1 is 1.04 bits per heavy atom. The van der Waals surface area contributed by atoms with Gasteiger partial charge in [0.1, 0.15) is 5.69 Å². The predicted octanol–water partition coefficient (Wildman–Crippen LogP) is 5.11. The van der Waals surface area contributed by atoms with E-state index in [4.69, 9.17) is 0 Å². The van der Waals surface area contributed by atoms with Gasteiger partial charge in [-0.2, -0.15) is 0 Å². The molecule has 3 aromatic rings. The van der Waals surface area contributed by atoms with Gasteiger partial charge in [0.25, 0.3) is 5.91 Å². The van der Waals surface area contributed by atoms with Crippen LogP contribution in [-0.2, 0) is 0 Å². The van der Waals surface area contributed by atoms with Crippen molar-refractivity contribution in [3.05, 3.63) is 83.7 Å². The van der Waals surface area contributed by atoms with Crippen molar-refractivity contribution in [1.82, 2.24) is 4.98 Å². The molecule has 1 amide bonds. The number of carbonyl (C=O) groups is 1. The summed E-state index contributed by atoms with van der Waals surface area (Å²) in [7, 11) is 0. The number of para-hydroxylation sites is 1. The lowest BCUT2D eigenvalue weighted by atomic mass is 10.2.